The summed E-state index contributed by atoms with van der Waals surface area (Å²) in [7, 11) is 0. The molecule has 0 aromatic carbocycles. The van der Waals surface area contributed by atoms with Crippen LogP contribution >= 0.6 is 0 Å². The first-order valence-electron chi connectivity index (χ1n) is 6.55. The van der Waals surface area contributed by atoms with Crippen molar-refractivity contribution in [3.8, 4) is 0 Å². The fourth-order valence-corrected chi connectivity index (χ4v) is 2.53. The lowest BCUT2D eigenvalue weighted by Crippen LogP contribution is -2.29. The second kappa shape index (κ2) is 6.12. The molecular weight excluding hydrogens is 216 g/mol. The summed E-state index contributed by atoms with van der Waals surface area (Å²) < 4.78 is 1.91. The number of aliphatic hydroxyl groups is 1. The summed E-state index contributed by atoms with van der Waals surface area (Å²) in [6, 6.07) is 0. The van der Waals surface area contributed by atoms with Gasteiger partial charge < -0.3 is 10.4 Å². The van der Waals surface area contributed by atoms with Crippen LogP contribution < -0.4 is 5.32 Å². The summed E-state index contributed by atoms with van der Waals surface area (Å²) in [5.74, 6) is 1.60. The van der Waals surface area contributed by atoms with Gasteiger partial charge in [0.1, 0.15) is 12.2 Å². The van der Waals surface area contributed by atoms with Crippen molar-refractivity contribution >= 4 is 0 Å². The van der Waals surface area contributed by atoms with Crippen molar-refractivity contribution in [3.05, 3.63) is 12.2 Å². The number of aryl methyl sites for hydroxylation is 1. The molecule has 1 heterocycles. The summed E-state index contributed by atoms with van der Waals surface area (Å²) in [5.41, 5.74) is 0. The van der Waals surface area contributed by atoms with Crippen LogP contribution in [0, 0.1) is 5.92 Å². The fourth-order valence-electron chi connectivity index (χ4n) is 2.53. The molecule has 1 saturated carbocycles. The van der Waals surface area contributed by atoms with Crippen LogP contribution in [0.25, 0.3) is 0 Å². The third kappa shape index (κ3) is 3.51. The van der Waals surface area contributed by atoms with Gasteiger partial charge in [0.25, 0.3) is 0 Å². The summed E-state index contributed by atoms with van der Waals surface area (Å²) in [6.07, 6.45) is 5.80. The minimum absolute atomic E-state index is 0.0881. The van der Waals surface area contributed by atoms with E-state index in [1.807, 2.05) is 4.68 Å². The zero-order valence-corrected chi connectivity index (χ0v) is 10.5. The molecule has 2 rings (SSSR count). The fraction of sp³-hybridized carbons (Fsp3) is 0.833. The van der Waals surface area contributed by atoms with Gasteiger partial charge in [0.2, 0.25) is 0 Å². The van der Waals surface area contributed by atoms with Gasteiger partial charge in [0.15, 0.2) is 0 Å². The lowest BCUT2D eigenvalue weighted by atomic mass is 9.87. The molecule has 2 atom stereocenters. The van der Waals surface area contributed by atoms with Crippen LogP contribution in [0.5, 0.6) is 0 Å². The Balaban J connectivity index is 1.72. The van der Waals surface area contributed by atoms with E-state index in [1.165, 1.54) is 6.42 Å². The Morgan fingerprint density at radius 3 is 3.18 bits per heavy atom. The minimum Gasteiger partial charge on any atom is -0.393 e. The summed E-state index contributed by atoms with van der Waals surface area (Å²) in [6.45, 7) is 4.66. The highest BCUT2D eigenvalue weighted by Gasteiger charge is 2.19. The SMILES string of the molecule is CCn1ncnc1CNCC1CCCC(O)C1. The maximum Gasteiger partial charge on any atom is 0.140 e. The monoisotopic (exact) mass is 238 g/mol. The first kappa shape index (κ1) is 12.5. The van der Waals surface area contributed by atoms with E-state index in [0.717, 1.165) is 44.7 Å². The molecule has 0 bridgehead atoms. The molecule has 1 aromatic heterocycles. The highest BCUT2D eigenvalue weighted by molar-refractivity contribution is 4.84. The second-order valence-electron chi connectivity index (χ2n) is 4.81. The molecule has 0 radical (unpaired) electrons. The number of aliphatic hydroxyl groups excluding tert-OH is 1. The average molecular weight is 238 g/mol. The topological polar surface area (TPSA) is 63.0 Å². The van der Waals surface area contributed by atoms with E-state index in [0.29, 0.717) is 5.92 Å². The van der Waals surface area contributed by atoms with Gasteiger partial charge in [-0.05, 0) is 38.6 Å². The van der Waals surface area contributed by atoms with Gasteiger partial charge in [0, 0.05) is 6.54 Å². The molecule has 5 heteroatoms. The maximum absolute atomic E-state index is 9.59. The van der Waals surface area contributed by atoms with E-state index in [1.54, 1.807) is 6.33 Å². The van der Waals surface area contributed by atoms with Crippen molar-refractivity contribution in [1.29, 1.82) is 0 Å². The molecule has 17 heavy (non-hydrogen) atoms. The standard InChI is InChI=1S/C12H22N4O/c1-2-16-12(14-9-15-16)8-13-7-10-4-3-5-11(17)6-10/h9-11,13,17H,2-8H2,1H3. The number of nitrogens with one attached hydrogen (secondary N) is 1. The average Bonchev–Trinajstić information content (AvgIpc) is 2.77. The highest BCUT2D eigenvalue weighted by Crippen LogP contribution is 2.23. The molecule has 1 aliphatic rings. The maximum atomic E-state index is 9.59. The van der Waals surface area contributed by atoms with Crippen LogP contribution in [0.3, 0.4) is 0 Å². The predicted molar refractivity (Wildman–Crippen MR) is 65.4 cm³/mol. The predicted octanol–water partition coefficient (Wildman–Crippen LogP) is 0.939. The quantitative estimate of drug-likeness (QED) is 0.801. The molecule has 2 N–H and O–H groups in total. The third-order valence-electron chi connectivity index (χ3n) is 3.47. The Labute approximate surface area is 102 Å². The van der Waals surface area contributed by atoms with E-state index < -0.39 is 0 Å². The van der Waals surface area contributed by atoms with Crippen LogP contribution in [0.2, 0.25) is 0 Å². The van der Waals surface area contributed by atoms with Gasteiger partial charge in [-0.15, -0.1) is 0 Å². The number of hydrogen-bond donors (Lipinski definition) is 2. The molecule has 1 aromatic rings. The number of aromatic nitrogens is 3. The Morgan fingerprint density at radius 2 is 2.41 bits per heavy atom. The van der Waals surface area contributed by atoms with Gasteiger partial charge in [-0.2, -0.15) is 5.10 Å². The van der Waals surface area contributed by atoms with E-state index >= 15 is 0 Å². The third-order valence-corrected chi connectivity index (χ3v) is 3.47. The normalized spacial score (nSPS) is 25.1. The zero-order valence-electron chi connectivity index (χ0n) is 10.5. The van der Waals surface area contributed by atoms with E-state index in [-0.39, 0.29) is 6.10 Å². The van der Waals surface area contributed by atoms with Crippen molar-refractivity contribution < 1.29 is 5.11 Å². The first-order chi connectivity index (χ1) is 8.29. The van der Waals surface area contributed by atoms with Gasteiger partial charge in [-0.25, -0.2) is 9.67 Å². The van der Waals surface area contributed by atoms with E-state index in [4.69, 9.17) is 0 Å². The molecule has 96 valence electrons. The number of rotatable bonds is 5. The Kier molecular flexibility index (Phi) is 4.50. The van der Waals surface area contributed by atoms with Crippen LogP contribution in [0.15, 0.2) is 6.33 Å². The van der Waals surface area contributed by atoms with Gasteiger partial charge >= 0.3 is 0 Å². The second-order valence-corrected chi connectivity index (χ2v) is 4.81. The van der Waals surface area contributed by atoms with Gasteiger partial charge in [-0.1, -0.05) is 6.42 Å². The summed E-state index contributed by atoms with van der Waals surface area (Å²) in [4.78, 5) is 4.22. The molecule has 2 unspecified atom stereocenters. The first-order valence-corrected chi connectivity index (χ1v) is 6.55. The van der Waals surface area contributed by atoms with Crippen molar-refractivity contribution in [3.63, 3.8) is 0 Å². The van der Waals surface area contributed by atoms with Crippen LogP contribution in [-0.2, 0) is 13.1 Å². The van der Waals surface area contributed by atoms with E-state index in [9.17, 15) is 5.11 Å². The summed E-state index contributed by atoms with van der Waals surface area (Å²) >= 11 is 0. The largest absolute Gasteiger partial charge is 0.393 e. The van der Waals surface area contributed by atoms with Crippen molar-refractivity contribution in [1.82, 2.24) is 20.1 Å². The molecule has 1 fully saturated rings. The molecule has 0 amide bonds. The van der Waals surface area contributed by atoms with Gasteiger partial charge in [0.05, 0.1) is 12.6 Å². The van der Waals surface area contributed by atoms with Gasteiger partial charge in [-0.3, -0.25) is 0 Å². The molecule has 0 saturated heterocycles. The lowest BCUT2D eigenvalue weighted by Gasteiger charge is -2.25. The van der Waals surface area contributed by atoms with Crippen molar-refractivity contribution in [2.24, 2.45) is 5.92 Å². The smallest absolute Gasteiger partial charge is 0.140 e. The highest BCUT2D eigenvalue weighted by atomic mass is 16.3. The Bertz CT molecular complexity index is 339. The van der Waals surface area contributed by atoms with E-state index in [2.05, 4.69) is 22.3 Å². The molecule has 5 nitrogen and oxygen atoms in total. The molecule has 0 spiro atoms. The van der Waals surface area contributed by atoms with Crippen LogP contribution in [0.4, 0.5) is 0 Å². The number of hydrogen-bond acceptors (Lipinski definition) is 4. The molecule has 1 aliphatic carbocycles. The zero-order chi connectivity index (χ0) is 12.1. The Hall–Kier alpha value is -0.940. The molecule has 0 aliphatic heterocycles. The minimum atomic E-state index is -0.0881. The van der Waals surface area contributed by atoms with Crippen LogP contribution in [0.1, 0.15) is 38.4 Å². The summed E-state index contributed by atoms with van der Waals surface area (Å²) in [5, 5.41) is 17.1. The van der Waals surface area contributed by atoms with Crippen LogP contribution in [-0.4, -0.2) is 32.5 Å². The molecular formula is C12H22N4O. The Morgan fingerprint density at radius 1 is 1.53 bits per heavy atom. The van der Waals surface area contributed by atoms with Crippen molar-refractivity contribution in [2.45, 2.75) is 51.8 Å². The number of nitrogens with zero attached hydrogens (tertiary/aromatic N) is 3. The van der Waals surface area contributed by atoms with Crippen molar-refractivity contribution in [2.75, 3.05) is 6.54 Å². The lowest BCUT2D eigenvalue weighted by molar-refractivity contribution is 0.100.